The smallest absolute Gasteiger partial charge is 0.253 e. The Morgan fingerprint density at radius 3 is 2.65 bits per heavy atom. The maximum Gasteiger partial charge on any atom is 0.253 e. The van der Waals surface area contributed by atoms with Crippen LogP contribution in [-0.2, 0) is 0 Å². The molecule has 1 N–H and O–H groups in total. The highest BCUT2D eigenvalue weighted by atomic mass is 79.9. The average Bonchev–Trinajstić information content (AvgIpc) is 2.44. The van der Waals surface area contributed by atoms with Gasteiger partial charge in [-0.1, -0.05) is 13.8 Å². The minimum atomic E-state index is -0.0552. The van der Waals surface area contributed by atoms with Crippen molar-refractivity contribution in [3.63, 3.8) is 0 Å². The zero-order chi connectivity index (χ0) is 15.0. The molecule has 112 valence electrons. The molecule has 4 nitrogen and oxygen atoms in total. The molecular formula is C15H24BrN3O. The number of halogens is 1. The summed E-state index contributed by atoms with van der Waals surface area (Å²) < 4.78 is 0.737. The van der Waals surface area contributed by atoms with E-state index in [-0.39, 0.29) is 11.9 Å². The molecule has 0 saturated heterocycles. The van der Waals surface area contributed by atoms with Crippen LogP contribution in [0.25, 0.3) is 0 Å². The van der Waals surface area contributed by atoms with E-state index in [9.17, 15) is 4.79 Å². The van der Waals surface area contributed by atoms with E-state index in [2.05, 4.69) is 45.0 Å². The van der Waals surface area contributed by atoms with Gasteiger partial charge in [-0.25, -0.2) is 4.98 Å². The SMILES string of the molecule is CCN(CC)CCCC(C)NC(=O)c1ccc(Br)nc1. The molecule has 0 aliphatic heterocycles. The summed E-state index contributed by atoms with van der Waals surface area (Å²) in [6.07, 6.45) is 3.68. The lowest BCUT2D eigenvalue weighted by molar-refractivity contribution is 0.0937. The lowest BCUT2D eigenvalue weighted by Gasteiger charge is -2.19. The molecule has 20 heavy (non-hydrogen) atoms. The first-order chi connectivity index (χ1) is 9.56. The maximum absolute atomic E-state index is 12.0. The lowest BCUT2D eigenvalue weighted by atomic mass is 10.1. The molecule has 1 aromatic rings. The Kier molecular flexibility index (Phi) is 7.77. The second-order valence-electron chi connectivity index (χ2n) is 4.91. The van der Waals surface area contributed by atoms with Gasteiger partial charge in [-0.15, -0.1) is 0 Å². The van der Waals surface area contributed by atoms with E-state index < -0.39 is 0 Å². The number of aromatic nitrogens is 1. The minimum Gasteiger partial charge on any atom is -0.350 e. The van der Waals surface area contributed by atoms with Crippen LogP contribution in [0.5, 0.6) is 0 Å². The van der Waals surface area contributed by atoms with Crippen LogP contribution in [0, 0.1) is 0 Å². The van der Waals surface area contributed by atoms with Crippen LogP contribution < -0.4 is 5.32 Å². The summed E-state index contributed by atoms with van der Waals surface area (Å²) >= 11 is 3.26. The zero-order valence-corrected chi connectivity index (χ0v) is 14.1. The summed E-state index contributed by atoms with van der Waals surface area (Å²) in [7, 11) is 0. The van der Waals surface area contributed by atoms with E-state index in [1.54, 1.807) is 18.3 Å². The first-order valence-electron chi connectivity index (χ1n) is 7.21. The third-order valence-electron chi connectivity index (χ3n) is 3.37. The van der Waals surface area contributed by atoms with E-state index in [1.165, 1.54) is 0 Å². The summed E-state index contributed by atoms with van der Waals surface area (Å²) in [6, 6.07) is 3.73. The van der Waals surface area contributed by atoms with Gasteiger partial charge in [0.2, 0.25) is 0 Å². The number of rotatable bonds is 8. The van der Waals surface area contributed by atoms with Gasteiger partial charge in [-0.3, -0.25) is 4.79 Å². The Morgan fingerprint density at radius 1 is 1.40 bits per heavy atom. The number of nitrogens with one attached hydrogen (secondary N) is 1. The van der Waals surface area contributed by atoms with Gasteiger partial charge in [0.15, 0.2) is 0 Å². The van der Waals surface area contributed by atoms with Crippen molar-refractivity contribution in [1.82, 2.24) is 15.2 Å². The van der Waals surface area contributed by atoms with Crippen LogP contribution in [0.1, 0.15) is 44.0 Å². The number of nitrogens with zero attached hydrogens (tertiary/aromatic N) is 2. The summed E-state index contributed by atoms with van der Waals surface area (Å²) in [5, 5.41) is 3.01. The van der Waals surface area contributed by atoms with Gasteiger partial charge in [0.05, 0.1) is 5.56 Å². The fourth-order valence-corrected chi connectivity index (χ4v) is 2.28. The van der Waals surface area contributed by atoms with Gasteiger partial charge in [-0.05, 0) is 67.5 Å². The van der Waals surface area contributed by atoms with Gasteiger partial charge in [0.25, 0.3) is 5.91 Å². The fraction of sp³-hybridized carbons (Fsp3) is 0.600. The Balaban J connectivity index is 2.33. The molecule has 1 aromatic heterocycles. The van der Waals surface area contributed by atoms with Crippen molar-refractivity contribution in [2.24, 2.45) is 0 Å². The molecule has 1 atom stereocenters. The lowest BCUT2D eigenvalue weighted by Crippen LogP contribution is -2.33. The van der Waals surface area contributed by atoms with Crippen molar-refractivity contribution in [2.75, 3.05) is 19.6 Å². The van der Waals surface area contributed by atoms with Gasteiger partial charge in [0.1, 0.15) is 4.60 Å². The number of amides is 1. The number of pyridine rings is 1. The summed E-state index contributed by atoms with van der Waals surface area (Å²) in [6.45, 7) is 9.66. The topological polar surface area (TPSA) is 45.2 Å². The highest BCUT2D eigenvalue weighted by Gasteiger charge is 2.10. The van der Waals surface area contributed by atoms with E-state index in [1.807, 2.05) is 6.92 Å². The molecule has 0 saturated carbocycles. The molecule has 5 heteroatoms. The molecule has 0 aromatic carbocycles. The maximum atomic E-state index is 12.0. The van der Waals surface area contributed by atoms with Gasteiger partial charge < -0.3 is 10.2 Å². The number of carbonyl (C=O) groups is 1. The Hall–Kier alpha value is -0.940. The fourth-order valence-electron chi connectivity index (χ4n) is 2.05. The Labute approximate surface area is 130 Å². The van der Waals surface area contributed by atoms with Crippen LogP contribution in [0.15, 0.2) is 22.9 Å². The van der Waals surface area contributed by atoms with Crippen LogP contribution in [0.3, 0.4) is 0 Å². The molecule has 0 aliphatic rings. The number of carbonyl (C=O) groups excluding carboxylic acids is 1. The zero-order valence-electron chi connectivity index (χ0n) is 12.5. The molecule has 0 aliphatic carbocycles. The quantitative estimate of drug-likeness (QED) is 0.739. The predicted molar refractivity (Wildman–Crippen MR) is 85.9 cm³/mol. The van der Waals surface area contributed by atoms with E-state index >= 15 is 0 Å². The first-order valence-corrected chi connectivity index (χ1v) is 8.00. The van der Waals surface area contributed by atoms with Crippen molar-refractivity contribution in [2.45, 2.75) is 39.7 Å². The van der Waals surface area contributed by atoms with Crippen molar-refractivity contribution in [3.05, 3.63) is 28.5 Å². The second-order valence-corrected chi connectivity index (χ2v) is 5.73. The Morgan fingerprint density at radius 2 is 2.10 bits per heavy atom. The summed E-state index contributed by atoms with van der Waals surface area (Å²) in [5.74, 6) is -0.0552. The highest BCUT2D eigenvalue weighted by molar-refractivity contribution is 9.10. The molecule has 1 rings (SSSR count). The minimum absolute atomic E-state index is 0.0552. The summed E-state index contributed by atoms with van der Waals surface area (Å²) in [4.78, 5) is 18.5. The third-order valence-corrected chi connectivity index (χ3v) is 3.84. The molecule has 1 heterocycles. The van der Waals surface area contributed by atoms with Crippen molar-refractivity contribution < 1.29 is 4.79 Å². The van der Waals surface area contributed by atoms with Crippen LogP contribution in [0.4, 0.5) is 0 Å². The molecule has 0 spiro atoms. The van der Waals surface area contributed by atoms with Crippen LogP contribution in [-0.4, -0.2) is 41.5 Å². The molecule has 1 amide bonds. The summed E-state index contributed by atoms with van der Waals surface area (Å²) in [5.41, 5.74) is 0.601. The molecule has 0 bridgehead atoms. The number of hydrogen-bond donors (Lipinski definition) is 1. The van der Waals surface area contributed by atoms with Crippen molar-refractivity contribution in [3.8, 4) is 0 Å². The van der Waals surface area contributed by atoms with Crippen molar-refractivity contribution in [1.29, 1.82) is 0 Å². The van der Waals surface area contributed by atoms with E-state index in [0.29, 0.717) is 5.56 Å². The van der Waals surface area contributed by atoms with E-state index in [4.69, 9.17) is 0 Å². The van der Waals surface area contributed by atoms with Gasteiger partial charge in [0, 0.05) is 12.2 Å². The molecule has 0 fully saturated rings. The first kappa shape index (κ1) is 17.1. The number of hydrogen-bond acceptors (Lipinski definition) is 3. The molecular weight excluding hydrogens is 318 g/mol. The Bertz CT molecular complexity index is 404. The largest absolute Gasteiger partial charge is 0.350 e. The normalized spacial score (nSPS) is 12.4. The highest BCUT2D eigenvalue weighted by Crippen LogP contribution is 2.07. The monoisotopic (exact) mass is 341 g/mol. The standard InChI is InChI=1S/C15H24BrN3O/c1-4-19(5-2)10-6-7-12(3)18-15(20)13-8-9-14(16)17-11-13/h8-9,11-12H,4-7,10H2,1-3H3,(H,18,20). The third kappa shape index (κ3) is 6.01. The average molecular weight is 342 g/mol. The molecule has 0 radical (unpaired) electrons. The van der Waals surface area contributed by atoms with Crippen LogP contribution >= 0.6 is 15.9 Å². The van der Waals surface area contributed by atoms with Crippen LogP contribution in [0.2, 0.25) is 0 Å². The van der Waals surface area contributed by atoms with Crippen molar-refractivity contribution >= 4 is 21.8 Å². The van der Waals surface area contributed by atoms with Gasteiger partial charge >= 0.3 is 0 Å². The molecule has 1 unspecified atom stereocenters. The van der Waals surface area contributed by atoms with Gasteiger partial charge in [-0.2, -0.15) is 0 Å². The van der Waals surface area contributed by atoms with E-state index in [0.717, 1.165) is 37.1 Å². The predicted octanol–water partition coefficient (Wildman–Crippen LogP) is 3.08. The second kappa shape index (κ2) is 9.08.